The average Bonchev–Trinajstić information content (AvgIpc) is 2.99. The zero-order valence-electron chi connectivity index (χ0n) is 8.14. The molecule has 0 aliphatic heterocycles. The van der Waals surface area contributed by atoms with Crippen LogP contribution >= 0.6 is 11.6 Å². The van der Waals surface area contributed by atoms with E-state index in [1.54, 1.807) is 6.07 Å². The number of hydrogen-bond donors (Lipinski definition) is 0. The normalized spacial score (nSPS) is 16.3. The predicted octanol–water partition coefficient (Wildman–Crippen LogP) is 2.57. The highest BCUT2D eigenvalue weighted by Gasteiger charge is 2.45. The van der Waals surface area contributed by atoms with E-state index in [9.17, 15) is 14.9 Å². The highest BCUT2D eigenvalue weighted by atomic mass is 35.5. The standard InChI is InChI=1S/C10H7ClN2O3/c11-8-2-1-7(5-9(8)13(15)16)10(3-4-10)12-6-14/h1-2,5H,3-4H2. The van der Waals surface area contributed by atoms with Crippen LogP contribution in [0.15, 0.2) is 23.2 Å². The zero-order chi connectivity index (χ0) is 11.8. The van der Waals surface area contributed by atoms with Crippen LogP contribution in [-0.4, -0.2) is 11.0 Å². The first-order valence-corrected chi connectivity index (χ1v) is 5.00. The largest absolute Gasteiger partial charge is 0.288 e. The van der Waals surface area contributed by atoms with E-state index >= 15 is 0 Å². The lowest BCUT2D eigenvalue weighted by molar-refractivity contribution is -0.384. The highest BCUT2D eigenvalue weighted by molar-refractivity contribution is 6.32. The fourth-order valence-corrected chi connectivity index (χ4v) is 1.80. The Kier molecular flexibility index (Phi) is 2.50. The summed E-state index contributed by atoms with van der Waals surface area (Å²) in [7, 11) is 0. The van der Waals surface area contributed by atoms with E-state index in [0.717, 1.165) is 0 Å². The molecule has 0 spiro atoms. The summed E-state index contributed by atoms with van der Waals surface area (Å²) >= 11 is 5.69. The Bertz CT molecular complexity index is 505. The van der Waals surface area contributed by atoms with Gasteiger partial charge in [-0.05, 0) is 24.5 Å². The van der Waals surface area contributed by atoms with E-state index in [-0.39, 0.29) is 10.7 Å². The number of nitro groups is 1. The number of nitro benzene ring substituents is 1. The molecule has 0 unspecified atom stereocenters. The van der Waals surface area contributed by atoms with Gasteiger partial charge in [0.1, 0.15) is 5.02 Å². The van der Waals surface area contributed by atoms with Crippen molar-refractivity contribution < 1.29 is 9.72 Å². The molecule has 0 heterocycles. The average molecular weight is 239 g/mol. The molecule has 0 radical (unpaired) electrons. The topological polar surface area (TPSA) is 72.6 Å². The van der Waals surface area contributed by atoms with Gasteiger partial charge in [0, 0.05) is 6.07 Å². The molecular formula is C10H7ClN2O3. The molecule has 1 fully saturated rings. The first-order chi connectivity index (χ1) is 7.59. The van der Waals surface area contributed by atoms with Crippen LogP contribution in [0.4, 0.5) is 5.69 Å². The molecule has 82 valence electrons. The van der Waals surface area contributed by atoms with E-state index in [1.165, 1.54) is 18.2 Å². The summed E-state index contributed by atoms with van der Waals surface area (Å²) in [5.74, 6) is 0. The van der Waals surface area contributed by atoms with E-state index in [4.69, 9.17) is 11.6 Å². The summed E-state index contributed by atoms with van der Waals surface area (Å²) in [5, 5.41) is 10.8. The third-order valence-electron chi connectivity index (χ3n) is 2.66. The lowest BCUT2D eigenvalue weighted by Gasteiger charge is -2.07. The van der Waals surface area contributed by atoms with Crippen LogP contribution < -0.4 is 0 Å². The molecule has 2 rings (SSSR count). The molecule has 0 amide bonds. The fraction of sp³-hybridized carbons (Fsp3) is 0.300. The first-order valence-electron chi connectivity index (χ1n) is 4.62. The van der Waals surface area contributed by atoms with Crippen molar-refractivity contribution in [1.82, 2.24) is 0 Å². The minimum Gasteiger partial charge on any atom is -0.258 e. The monoisotopic (exact) mass is 238 g/mol. The molecule has 1 aliphatic carbocycles. The number of isocyanates is 1. The molecule has 0 N–H and O–H groups in total. The number of halogens is 1. The SMILES string of the molecule is O=C=NC1(c2ccc(Cl)c([N+](=O)[O-])c2)CC1. The van der Waals surface area contributed by atoms with Crippen LogP contribution in [-0.2, 0) is 10.3 Å². The second-order valence-electron chi connectivity index (χ2n) is 3.66. The lowest BCUT2D eigenvalue weighted by Crippen LogP contribution is -2.03. The quantitative estimate of drug-likeness (QED) is 0.352. The van der Waals surface area contributed by atoms with Gasteiger partial charge in [0.25, 0.3) is 5.69 Å². The van der Waals surface area contributed by atoms with Crippen molar-refractivity contribution in [2.24, 2.45) is 4.99 Å². The van der Waals surface area contributed by atoms with Crippen LogP contribution in [0.5, 0.6) is 0 Å². The third-order valence-corrected chi connectivity index (χ3v) is 2.98. The number of benzene rings is 1. The Morgan fingerprint density at radius 1 is 1.50 bits per heavy atom. The maximum absolute atomic E-state index is 10.7. The fourth-order valence-electron chi connectivity index (χ4n) is 1.61. The first kappa shape index (κ1) is 10.8. The molecule has 0 aromatic heterocycles. The highest BCUT2D eigenvalue weighted by Crippen LogP contribution is 2.50. The maximum Gasteiger partial charge on any atom is 0.288 e. The number of carbonyl (C=O) groups excluding carboxylic acids is 1. The van der Waals surface area contributed by atoms with Gasteiger partial charge in [-0.25, -0.2) is 4.79 Å². The van der Waals surface area contributed by atoms with Crippen molar-refractivity contribution in [2.45, 2.75) is 18.4 Å². The van der Waals surface area contributed by atoms with Gasteiger partial charge in [0.05, 0.1) is 10.5 Å². The third kappa shape index (κ3) is 1.71. The summed E-state index contributed by atoms with van der Waals surface area (Å²) in [5.41, 5.74) is -0.115. The summed E-state index contributed by atoms with van der Waals surface area (Å²) < 4.78 is 0. The van der Waals surface area contributed by atoms with Crippen LogP contribution in [0.3, 0.4) is 0 Å². The van der Waals surface area contributed by atoms with E-state index < -0.39 is 10.5 Å². The van der Waals surface area contributed by atoms with E-state index in [2.05, 4.69) is 4.99 Å². The Balaban J connectivity index is 2.48. The van der Waals surface area contributed by atoms with Gasteiger partial charge >= 0.3 is 0 Å². The van der Waals surface area contributed by atoms with Gasteiger partial charge in [-0.3, -0.25) is 10.1 Å². The van der Waals surface area contributed by atoms with E-state index in [0.29, 0.717) is 18.4 Å². The molecule has 6 heteroatoms. The number of hydrogen-bond acceptors (Lipinski definition) is 4. The minimum absolute atomic E-state index is 0.0830. The lowest BCUT2D eigenvalue weighted by atomic mass is 10.1. The predicted molar refractivity (Wildman–Crippen MR) is 57.1 cm³/mol. The van der Waals surface area contributed by atoms with Crippen LogP contribution in [0.25, 0.3) is 0 Å². The van der Waals surface area contributed by atoms with E-state index in [1.807, 2.05) is 0 Å². The van der Waals surface area contributed by atoms with Crippen LogP contribution in [0, 0.1) is 10.1 Å². The van der Waals surface area contributed by atoms with Gasteiger partial charge in [-0.15, -0.1) is 0 Å². The molecule has 0 saturated heterocycles. The Morgan fingerprint density at radius 3 is 2.69 bits per heavy atom. The molecule has 1 saturated carbocycles. The van der Waals surface area contributed by atoms with Crippen molar-refractivity contribution in [3.8, 4) is 0 Å². The van der Waals surface area contributed by atoms with Crippen LogP contribution in [0.2, 0.25) is 5.02 Å². The number of nitrogens with zero attached hydrogens (tertiary/aromatic N) is 2. The van der Waals surface area contributed by atoms with Gasteiger partial charge in [-0.2, -0.15) is 4.99 Å². The molecule has 0 atom stereocenters. The molecule has 1 aromatic carbocycles. The Morgan fingerprint density at radius 2 is 2.19 bits per heavy atom. The van der Waals surface area contributed by atoms with Crippen LogP contribution in [0.1, 0.15) is 18.4 Å². The van der Waals surface area contributed by atoms with Crippen molar-refractivity contribution in [1.29, 1.82) is 0 Å². The van der Waals surface area contributed by atoms with Crippen molar-refractivity contribution in [2.75, 3.05) is 0 Å². The summed E-state index contributed by atoms with van der Waals surface area (Å²) in [6, 6.07) is 4.48. The smallest absolute Gasteiger partial charge is 0.258 e. The van der Waals surface area contributed by atoms with Crippen molar-refractivity contribution >= 4 is 23.4 Å². The van der Waals surface area contributed by atoms with Gasteiger partial charge in [0.2, 0.25) is 6.08 Å². The second kappa shape index (κ2) is 3.70. The molecule has 1 aromatic rings. The minimum atomic E-state index is -0.600. The molecule has 16 heavy (non-hydrogen) atoms. The Labute approximate surface area is 95.9 Å². The second-order valence-corrected chi connectivity index (χ2v) is 4.07. The van der Waals surface area contributed by atoms with Crippen molar-refractivity contribution in [3.05, 3.63) is 38.9 Å². The van der Waals surface area contributed by atoms with Gasteiger partial charge < -0.3 is 0 Å². The maximum atomic E-state index is 10.7. The molecular weight excluding hydrogens is 232 g/mol. The Hall–Kier alpha value is -1.71. The van der Waals surface area contributed by atoms with Gasteiger partial charge in [-0.1, -0.05) is 17.7 Å². The van der Waals surface area contributed by atoms with Gasteiger partial charge in [0.15, 0.2) is 0 Å². The molecule has 5 nitrogen and oxygen atoms in total. The number of rotatable bonds is 3. The number of aliphatic imine (C=N–C) groups is 1. The summed E-state index contributed by atoms with van der Waals surface area (Å²) in [6.45, 7) is 0. The van der Waals surface area contributed by atoms with Crippen molar-refractivity contribution in [3.63, 3.8) is 0 Å². The molecule has 0 bridgehead atoms. The summed E-state index contributed by atoms with van der Waals surface area (Å²) in [6.07, 6.45) is 2.92. The summed E-state index contributed by atoms with van der Waals surface area (Å²) in [4.78, 5) is 24.1. The molecule has 1 aliphatic rings. The zero-order valence-corrected chi connectivity index (χ0v) is 8.90.